The summed E-state index contributed by atoms with van der Waals surface area (Å²) >= 11 is 0. The molecule has 0 aromatic carbocycles. The predicted octanol–water partition coefficient (Wildman–Crippen LogP) is 3.24. The number of piperidine rings is 1. The summed E-state index contributed by atoms with van der Waals surface area (Å²) in [4.78, 5) is 33.9. The minimum absolute atomic E-state index is 0.0657. The number of rotatable bonds is 3. The number of furan rings is 1. The lowest BCUT2D eigenvalue weighted by Crippen LogP contribution is -2.38. The Morgan fingerprint density at radius 3 is 2.37 bits per heavy atom. The Morgan fingerprint density at radius 2 is 1.70 bits per heavy atom. The Bertz CT molecular complexity index is 817. The third-order valence-corrected chi connectivity index (χ3v) is 5.59. The largest absolute Gasteiger partial charge is 0.459 e. The molecule has 6 heteroatoms. The van der Waals surface area contributed by atoms with Crippen LogP contribution in [-0.2, 0) is 0 Å². The molecule has 4 rings (SSSR count). The third kappa shape index (κ3) is 3.61. The van der Waals surface area contributed by atoms with Gasteiger partial charge >= 0.3 is 0 Å². The molecular weight excluding hydrogens is 342 g/mol. The molecule has 27 heavy (non-hydrogen) atoms. The highest BCUT2D eigenvalue weighted by molar-refractivity contribution is 5.95. The van der Waals surface area contributed by atoms with Crippen molar-refractivity contribution in [1.29, 1.82) is 0 Å². The summed E-state index contributed by atoms with van der Waals surface area (Å²) < 4.78 is 5.23. The number of amides is 2. The summed E-state index contributed by atoms with van der Waals surface area (Å²) in [6.45, 7) is 4.93. The molecule has 6 nitrogen and oxygen atoms in total. The van der Waals surface area contributed by atoms with Crippen molar-refractivity contribution in [2.45, 2.75) is 38.5 Å². The molecule has 142 valence electrons. The fraction of sp³-hybridized carbons (Fsp3) is 0.476. The molecule has 0 atom stereocenters. The van der Waals surface area contributed by atoms with Crippen LogP contribution in [0, 0.1) is 6.92 Å². The number of aromatic nitrogens is 1. The normalized spacial score (nSPS) is 18.1. The first-order valence-electron chi connectivity index (χ1n) is 9.73. The summed E-state index contributed by atoms with van der Waals surface area (Å²) in [5.41, 5.74) is 2.56. The van der Waals surface area contributed by atoms with Crippen LogP contribution >= 0.6 is 0 Å². The van der Waals surface area contributed by atoms with Crippen LogP contribution in [0.25, 0.3) is 0 Å². The minimum Gasteiger partial charge on any atom is -0.459 e. The first kappa shape index (κ1) is 17.8. The molecule has 2 aliphatic rings. The lowest BCUT2D eigenvalue weighted by Gasteiger charge is -2.32. The summed E-state index contributed by atoms with van der Waals surface area (Å²) in [5, 5.41) is 0. The van der Waals surface area contributed by atoms with Crippen molar-refractivity contribution < 1.29 is 14.0 Å². The summed E-state index contributed by atoms with van der Waals surface area (Å²) in [6, 6.07) is 7.28. The average molecular weight is 367 g/mol. The number of hydrogen-bond donors (Lipinski definition) is 0. The van der Waals surface area contributed by atoms with Gasteiger partial charge in [-0.25, -0.2) is 0 Å². The second-order valence-corrected chi connectivity index (χ2v) is 7.43. The molecule has 0 N–H and O–H groups in total. The Labute approximate surface area is 159 Å². The van der Waals surface area contributed by atoms with Crippen LogP contribution in [0.4, 0.5) is 0 Å². The highest BCUT2D eigenvalue weighted by Gasteiger charge is 2.30. The van der Waals surface area contributed by atoms with Crippen molar-refractivity contribution >= 4 is 11.8 Å². The van der Waals surface area contributed by atoms with Crippen molar-refractivity contribution in [1.82, 2.24) is 14.8 Å². The van der Waals surface area contributed by atoms with Gasteiger partial charge in [-0.3, -0.25) is 14.6 Å². The van der Waals surface area contributed by atoms with Crippen LogP contribution in [0.5, 0.6) is 0 Å². The van der Waals surface area contributed by atoms with E-state index in [1.54, 1.807) is 12.1 Å². The Balaban J connectivity index is 1.50. The summed E-state index contributed by atoms with van der Waals surface area (Å²) in [6.07, 6.45) is 5.29. The zero-order valence-corrected chi connectivity index (χ0v) is 15.7. The van der Waals surface area contributed by atoms with Gasteiger partial charge in [0, 0.05) is 37.8 Å². The van der Waals surface area contributed by atoms with E-state index in [2.05, 4.69) is 0 Å². The SMILES string of the molecule is Cc1ccc(C(=O)N2CCCC2)c(C2CCN(C(=O)c3ccco3)CC2)n1. The molecular formula is C21H25N3O3. The monoisotopic (exact) mass is 367 g/mol. The maximum Gasteiger partial charge on any atom is 0.289 e. The van der Waals surface area contributed by atoms with E-state index in [4.69, 9.17) is 9.40 Å². The van der Waals surface area contributed by atoms with Crippen LogP contribution in [0.1, 0.15) is 63.9 Å². The van der Waals surface area contributed by atoms with Crippen LogP contribution in [0.3, 0.4) is 0 Å². The first-order chi connectivity index (χ1) is 13.1. The minimum atomic E-state index is -0.0657. The molecule has 4 heterocycles. The van der Waals surface area contributed by atoms with Crippen LogP contribution in [0.2, 0.25) is 0 Å². The molecule has 0 aliphatic carbocycles. The molecule has 2 aromatic rings. The van der Waals surface area contributed by atoms with Gasteiger partial charge in [-0.05, 0) is 56.9 Å². The van der Waals surface area contributed by atoms with Gasteiger partial charge < -0.3 is 14.2 Å². The molecule has 0 bridgehead atoms. The quantitative estimate of drug-likeness (QED) is 0.835. The van der Waals surface area contributed by atoms with Gasteiger partial charge in [-0.2, -0.15) is 0 Å². The zero-order chi connectivity index (χ0) is 18.8. The first-order valence-corrected chi connectivity index (χ1v) is 9.73. The zero-order valence-electron chi connectivity index (χ0n) is 15.7. The van der Waals surface area contributed by atoms with Crippen molar-refractivity contribution in [2.24, 2.45) is 0 Å². The van der Waals surface area contributed by atoms with Crippen molar-refractivity contribution in [3.63, 3.8) is 0 Å². The number of likely N-dealkylation sites (tertiary alicyclic amines) is 2. The number of hydrogen-bond acceptors (Lipinski definition) is 4. The standard InChI is InChI=1S/C21H25N3O3/c1-15-6-7-17(20(25)23-10-2-3-11-23)19(22-15)16-8-12-24(13-9-16)21(26)18-5-4-14-27-18/h4-7,14,16H,2-3,8-13H2,1H3. The highest BCUT2D eigenvalue weighted by atomic mass is 16.3. The van der Waals surface area contributed by atoms with Gasteiger partial charge in [0.2, 0.25) is 0 Å². The van der Waals surface area contributed by atoms with E-state index in [9.17, 15) is 9.59 Å². The van der Waals surface area contributed by atoms with Crippen LogP contribution in [0.15, 0.2) is 34.9 Å². The van der Waals surface area contributed by atoms with Gasteiger partial charge in [-0.15, -0.1) is 0 Å². The van der Waals surface area contributed by atoms with Gasteiger partial charge in [0.25, 0.3) is 11.8 Å². The van der Waals surface area contributed by atoms with E-state index in [-0.39, 0.29) is 17.7 Å². The van der Waals surface area contributed by atoms with E-state index >= 15 is 0 Å². The fourth-order valence-corrected chi connectivity index (χ4v) is 4.07. The molecule has 2 amide bonds. The van der Waals surface area contributed by atoms with Gasteiger partial charge in [0.05, 0.1) is 17.5 Å². The molecule has 0 saturated carbocycles. The van der Waals surface area contributed by atoms with Gasteiger partial charge in [0.1, 0.15) is 0 Å². The highest BCUT2D eigenvalue weighted by Crippen LogP contribution is 2.31. The van der Waals surface area contributed by atoms with Gasteiger partial charge in [-0.1, -0.05) is 0 Å². The molecule has 0 unspecified atom stereocenters. The second-order valence-electron chi connectivity index (χ2n) is 7.43. The maximum atomic E-state index is 13.0. The Hall–Kier alpha value is -2.63. The number of carbonyl (C=O) groups excluding carboxylic acids is 2. The molecule has 2 fully saturated rings. The Kier molecular flexibility index (Phi) is 4.97. The average Bonchev–Trinajstić information content (AvgIpc) is 3.41. The second kappa shape index (κ2) is 7.55. The van der Waals surface area contributed by atoms with E-state index in [1.807, 2.05) is 28.9 Å². The molecule has 2 aromatic heterocycles. The molecule has 0 spiro atoms. The maximum absolute atomic E-state index is 13.0. The van der Waals surface area contributed by atoms with Crippen molar-refractivity contribution in [3.05, 3.63) is 53.2 Å². The van der Waals surface area contributed by atoms with Crippen molar-refractivity contribution in [3.8, 4) is 0 Å². The molecule has 2 aliphatic heterocycles. The predicted molar refractivity (Wildman–Crippen MR) is 101 cm³/mol. The lowest BCUT2D eigenvalue weighted by atomic mass is 9.89. The van der Waals surface area contributed by atoms with Crippen LogP contribution < -0.4 is 0 Å². The molecule has 2 saturated heterocycles. The smallest absolute Gasteiger partial charge is 0.289 e. The van der Waals surface area contributed by atoms with Crippen LogP contribution in [-0.4, -0.2) is 52.8 Å². The van der Waals surface area contributed by atoms with E-state index < -0.39 is 0 Å². The third-order valence-electron chi connectivity index (χ3n) is 5.59. The number of pyridine rings is 1. The van der Waals surface area contributed by atoms with Gasteiger partial charge in [0.15, 0.2) is 5.76 Å². The van der Waals surface area contributed by atoms with E-state index in [0.29, 0.717) is 18.8 Å². The fourth-order valence-electron chi connectivity index (χ4n) is 4.07. The van der Waals surface area contributed by atoms with E-state index in [0.717, 1.165) is 55.7 Å². The number of aryl methyl sites for hydroxylation is 1. The number of nitrogens with zero attached hydrogens (tertiary/aromatic N) is 3. The Morgan fingerprint density at radius 1 is 1.00 bits per heavy atom. The number of carbonyl (C=O) groups is 2. The summed E-state index contributed by atoms with van der Waals surface area (Å²) in [5.74, 6) is 0.618. The van der Waals surface area contributed by atoms with E-state index in [1.165, 1.54) is 6.26 Å². The lowest BCUT2D eigenvalue weighted by molar-refractivity contribution is 0.0676. The van der Waals surface area contributed by atoms with Crippen molar-refractivity contribution in [2.75, 3.05) is 26.2 Å². The molecule has 0 radical (unpaired) electrons. The topological polar surface area (TPSA) is 66.7 Å². The summed E-state index contributed by atoms with van der Waals surface area (Å²) in [7, 11) is 0.